The molecule has 0 spiro atoms. The van der Waals surface area contributed by atoms with Gasteiger partial charge in [0.2, 0.25) is 0 Å². The zero-order valence-electron chi connectivity index (χ0n) is 27.7. The van der Waals surface area contributed by atoms with Crippen LogP contribution in [0.5, 0.6) is 0 Å². The van der Waals surface area contributed by atoms with Crippen LogP contribution in [0.25, 0.3) is 44.2 Å². The van der Waals surface area contributed by atoms with Crippen molar-refractivity contribution in [3.63, 3.8) is 0 Å². The SMILES string of the molecule is CC1(C)c2ccccc2-c2ccc(N(c3ccc(-c4ccc(-c5ccc6c(c5)CCCC6)cc4)cc3)c3ccc4ccccc4c3)cc21. The first-order valence-electron chi connectivity index (χ1n) is 17.4. The van der Waals surface area contributed by atoms with E-state index in [0.717, 1.165) is 11.4 Å². The highest BCUT2D eigenvalue weighted by atomic mass is 15.1. The molecular weight excluding hydrogens is 579 g/mol. The number of hydrogen-bond donors (Lipinski definition) is 0. The molecule has 1 nitrogen and oxygen atoms in total. The largest absolute Gasteiger partial charge is 0.310 e. The topological polar surface area (TPSA) is 3.24 Å². The van der Waals surface area contributed by atoms with Gasteiger partial charge in [0.05, 0.1) is 0 Å². The molecule has 0 aromatic heterocycles. The molecule has 0 N–H and O–H groups in total. The zero-order valence-corrected chi connectivity index (χ0v) is 27.7. The minimum absolute atomic E-state index is 0.0634. The summed E-state index contributed by atoms with van der Waals surface area (Å²) in [5.41, 5.74) is 17.0. The number of fused-ring (bicyclic) bond motifs is 5. The van der Waals surface area contributed by atoms with E-state index < -0.39 is 0 Å². The number of hydrogen-bond acceptors (Lipinski definition) is 1. The summed E-state index contributed by atoms with van der Waals surface area (Å²) in [7, 11) is 0. The second kappa shape index (κ2) is 11.4. The smallest absolute Gasteiger partial charge is 0.0468 e. The van der Waals surface area contributed by atoms with Crippen molar-refractivity contribution in [2.75, 3.05) is 4.90 Å². The number of benzene rings is 7. The van der Waals surface area contributed by atoms with E-state index in [4.69, 9.17) is 0 Å². The molecule has 0 aliphatic heterocycles. The average Bonchev–Trinajstić information content (AvgIpc) is 3.37. The van der Waals surface area contributed by atoms with E-state index in [2.05, 4.69) is 170 Å². The monoisotopic (exact) mass is 617 g/mol. The lowest BCUT2D eigenvalue weighted by atomic mass is 9.82. The Morgan fingerprint density at radius 2 is 0.979 bits per heavy atom. The second-order valence-corrected chi connectivity index (χ2v) is 14.1. The summed E-state index contributed by atoms with van der Waals surface area (Å²) in [5, 5.41) is 2.49. The Balaban J connectivity index is 1.08. The number of aryl methyl sites for hydroxylation is 2. The van der Waals surface area contributed by atoms with Gasteiger partial charge in [-0.25, -0.2) is 0 Å². The van der Waals surface area contributed by atoms with Crippen LogP contribution in [0, 0.1) is 0 Å². The van der Waals surface area contributed by atoms with Gasteiger partial charge in [-0.2, -0.15) is 0 Å². The summed E-state index contributed by atoms with van der Waals surface area (Å²) < 4.78 is 0. The van der Waals surface area contributed by atoms with E-state index >= 15 is 0 Å². The normalized spacial score (nSPS) is 14.3. The summed E-state index contributed by atoms with van der Waals surface area (Å²) in [4.78, 5) is 2.41. The highest BCUT2D eigenvalue weighted by Crippen LogP contribution is 2.50. The van der Waals surface area contributed by atoms with Crippen LogP contribution in [0.15, 0.2) is 152 Å². The molecule has 0 fully saturated rings. The third-order valence-corrected chi connectivity index (χ3v) is 10.8. The Labute approximate surface area is 284 Å². The lowest BCUT2D eigenvalue weighted by molar-refractivity contribution is 0.660. The molecule has 2 aliphatic rings. The molecule has 0 unspecified atom stereocenters. The van der Waals surface area contributed by atoms with Crippen molar-refractivity contribution in [3.05, 3.63) is 174 Å². The second-order valence-electron chi connectivity index (χ2n) is 14.1. The van der Waals surface area contributed by atoms with Crippen LogP contribution in [0.1, 0.15) is 48.9 Å². The maximum atomic E-state index is 2.42. The van der Waals surface area contributed by atoms with E-state index in [0.29, 0.717) is 0 Å². The molecule has 48 heavy (non-hydrogen) atoms. The van der Waals surface area contributed by atoms with Crippen LogP contribution in [-0.2, 0) is 18.3 Å². The van der Waals surface area contributed by atoms with Gasteiger partial charge >= 0.3 is 0 Å². The van der Waals surface area contributed by atoms with Crippen molar-refractivity contribution < 1.29 is 0 Å². The zero-order chi connectivity index (χ0) is 32.2. The lowest BCUT2D eigenvalue weighted by Crippen LogP contribution is -2.16. The van der Waals surface area contributed by atoms with Gasteiger partial charge < -0.3 is 4.90 Å². The summed E-state index contributed by atoms with van der Waals surface area (Å²) in [5.74, 6) is 0. The highest BCUT2D eigenvalue weighted by Gasteiger charge is 2.35. The maximum Gasteiger partial charge on any atom is 0.0468 e. The van der Waals surface area contributed by atoms with E-state index in [1.165, 1.54) is 97.8 Å². The van der Waals surface area contributed by atoms with Gasteiger partial charge in [-0.15, -0.1) is 0 Å². The third kappa shape index (κ3) is 4.85. The fourth-order valence-electron chi connectivity index (χ4n) is 8.17. The summed E-state index contributed by atoms with van der Waals surface area (Å²) in [6, 6.07) is 56.6. The summed E-state index contributed by atoms with van der Waals surface area (Å²) >= 11 is 0. The molecule has 1 heteroatoms. The van der Waals surface area contributed by atoms with Gasteiger partial charge in [0.1, 0.15) is 0 Å². The molecule has 2 aliphatic carbocycles. The fourth-order valence-corrected chi connectivity index (χ4v) is 8.17. The van der Waals surface area contributed by atoms with E-state index in [1.807, 2.05) is 0 Å². The molecule has 0 radical (unpaired) electrons. The van der Waals surface area contributed by atoms with Gasteiger partial charge in [-0.1, -0.05) is 129 Å². The minimum Gasteiger partial charge on any atom is -0.310 e. The number of nitrogens with zero attached hydrogens (tertiary/aromatic N) is 1. The standard InChI is InChI=1S/C47H39N/c1-47(2)45-14-8-7-13-43(45)44-28-27-42(31-46(44)47)48(41-26-23-33-10-4-6-12-38(33)30-41)40-24-21-35(22-25-40)34-15-17-36(18-16-34)39-20-19-32-9-3-5-11-37(32)29-39/h4,6-8,10,12-31H,3,5,9,11H2,1-2H3. The Bertz CT molecular complexity index is 2310. The van der Waals surface area contributed by atoms with E-state index in [9.17, 15) is 0 Å². The van der Waals surface area contributed by atoms with Crippen LogP contribution in [-0.4, -0.2) is 0 Å². The number of anilines is 3. The van der Waals surface area contributed by atoms with Gasteiger partial charge in [-0.05, 0) is 128 Å². The van der Waals surface area contributed by atoms with Crippen molar-refractivity contribution in [2.45, 2.75) is 44.9 Å². The number of rotatable bonds is 5. The molecule has 0 saturated carbocycles. The molecule has 7 aromatic carbocycles. The van der Waals surface area contributed by atoms with Gasteiger partial charge in [0.15, 0.2) is 0 Å². The van der Waals surface area contributed by atoms with Gasteiger partial charge in [0, 0.05) is 22.5 Å². The van der Waals surface area contributed by atoms with Crippen molar-refractivity contribution in [1.82, 2.24) is 0 Å². The first-order valence-corrected chi connectivity index (χ1v) is 17.4. The van der Waals surface area contributed by atoms with E-state index in [1.54, 1.807) is 0 Å². The Morgan fingerprint density at radius 1 is 0.417 bits per heavy atom. The van der Waals surface area contributed by atoms with E-state index in [-0.39, 0.29) is 5.41 Å². The van der Waals surface area contributed by atoms with Crippen LogP contribution < -0.4 is 4.90 Å². The minimum atomic E-state index is -0.0634. The molecule has 7 aromatic rings. The molecule has 0 saturated heterocycles. The van der Waals surface area contributed by atoms with Crippen LogP contribution in [0.2, 0.25) is 0 Å². The van der Waals surface area contributed by atoms with Crippen molar-refractivity contribution in [2.24, 2.45) is 0 Å². The van der Waals surface area contributed by atoms with Gasteiger partial charge in [-0.3, -0.25) is 0 Å². The third-order valence-electron chi connectivity index (χ3n) is 10.8. The van der Waals surface area contributed by atoms with Crippen molar-refractivity contribution >= 4 is 27.8 Å². The highest BCUT2D eigenvalue weighted by molar-refractivity contribution is 5.91. The Morgan fingerprint density at radius 3 is 1.77 bits per heavy atom. The molecule has 9 rings (SSSR count). The summed E-state index contributed by atoms with van der Waals surface area (Å²) in [6.45, 7) is 4.71. The molecule has 232 valence electrons. The molecule has 0 amide bonds. The Kier molecular flexibility index (Phi) is 6.83. The van der Waals surface area contributed by atoms with Gasteiger partial charge in [0.25, 0.3) is 0 Å². The predicted octanol–water partition coefficient (Wildman–Crippen LogP) is 12.8. The maximum absolute atomic E-state index is 2.42. The average molecular weight is 618 g/mol. The Hall–Kier alpha value is -5.40. The van der Waals surface area contributed by atoms with Crippen LogP contribution in [0.3, 0.4) is 0 Å². The quantitative estimate of drug-likeness (QED) is 0.186. The molecular formula is C47H39N. The molecule has 0 heterocycles. The first-order chi connectivity index (χ1) is 23.5. The van der Waals surface area contributed by atoms with Crippen LogP contribution >= 0.6 is 0 Å². The van der Waals surface area contributed by atoms with Crippen molar-refractivity contribution in [1.29, 1.82) is 0 Å². The van der Waals surface area contributed by atoms with Crippen LogP contribution in [0.4, 0.5) is 17.1 Å². The molecule has 0 bridgehead atoms. The molecule has 0 atom stereocenters. The fraction of sp³-hybridized carbons (Fsp3) is 0.149. The summed E-state index contributed by atoms with van der Waals surface area (Å²) in [6.07, 6.45) is 5.06. The predicted molar refractivity (Wildman–Crippen MR) is 204 cm³/mol. The van der Waals surface area contributed by atoms with Crippen molar-refractivity contribution in [3.8, 4) is 33.4 Å². The first kappa shape index (κ1) is 28.8. The lowest BCUT2D eigenvalue weighted by Gasteiger charge is -2.28.